The minimum Gasteiger partial charge on any atom is -0.453 e. The lowest BCUT2D eigenvalue weighted by atomic mass is 9.97. The van der Waals surface area contributed by atoms with Crippen molar-refractivity contribution in [3.63, 3.8) is 0 Å². The minimum atomic E-state index is -3.44. The second kappa shape index (κ2) is 7.08. The lowest BCUT2D eigenvalue weighted by Crippen LogP contribution is -2.41. The number of sulfonamides is 1. The zero-order valence-electron chi connectivity index (χ0n) is 11.5. The molecular weight excluding hydrogens is 380 g/mol. The van der Waals surface area contributed by atoms with Crippen molar-refractivity contribution in [2.75, 3.05) is 26.7 Å². The summed E-state index contributed by atoms with van der Waals surface area (Å²) in [4.78, 5) is 13.0. The number of hydrogen-bond donors (Lipinski definition) is 1. The number of halogens is 1. The topological polar surface area (TPSA) is 75.7 Å². The normalized spacial score (nSPS) is 17.0. The van der Waals surface area contributed by atoms with Crippen LogP contribution in [0.25, 0.3) is 0 Å². The number of piperidine rings is 1. The van der Waals surface area contributed by atoms with Gasteiger partial charge in [-0.1, -0.05) is 0 Å². The van der Waals surface area contributed by atoms with Crippen LogP contribution >= 0.6 is 27.3 Å². The molecule has 0 atom stereocenters. The molecule has 1 amide bonds. The van der Waals surface area contributed by atoms with Crippen molar-refractivity contribution in [3.8, 4) is 0 Å². The van der Waals surface area contributed by atoms with E-state index in [4.69, 9.17) is 0 Å². The SMILES string of the molecule is COC(=O)N1CCC(CNS(=O)(=O)c2ccc(Br)s2)CC1. The molecule has 1 aliphatic heterocycles. The Bertz CT molecular complexity index is 594. The number of methoxy groups -OCH3 is 1. The molecule has 9 heteroatoms. The third-order valence-corrected chi connectivity index (χ3v) is 6.96. The van der Waals surface area contributed by atoms with Crippen LogP contribution in [0.3, 0.4) is 0 Å². The van der Waals surface area contributed by atoms with Crippen LogP contribution < -0.4 is 4.72 Å². The van der Waals surface area contributed by atoms with Gasteiger partial charge in [-0.25, -0.2) is 17.9 Å². The Balaban J connectivity index is 1.83. The van der Waals surface area contributed by atoms with Gasteiger partial charge in [-0.15, -0.1) is 11.3 Å². The Kier molecular flexibility index (Phi) is 5.64. The van der Waals surface area contributed by atoms with Crippen molar-refractivity contribution in [2.24, 2.45) is 5.92 Å². The van der Waals surface area contributed by atoms with Gasteiger partial charge in [-0.05, 0) is 46.8 Å². The molecule has 0 bridgehead atoms. The first-order valence-corrected chi connectivity index (χ1v) is 9.59. The van der Waals surface area contributed by atoms with Gasteiger partial charge in [0.25, 0.3) is 0 Å². The van der Waals surface area contributed by atoms with Crippen LogP contribution in [-0.2, 0) is 14.8 Å². The first kappa shape index (κ1) is 16.7. The molecule has 0 unspecified atom stereocenters. The van der Waals surface area contributed by atoms with E-state index in [1.807, 2.05) is 0 Å². The zero-order valence-corrected chi connectivity index (χ0v) is 14.8. The molecule has 1 saturated heterocycles. The number of nitrogens with zero attached hydrogens (tertiary/aromatic N) is 1. The first-order chi connectivity index (χ1) is 9.92. The number of rotatable bonds is 4. The largest absolute Gasteiger partial charge is 0.453 e. The quantitative estimate of drug-likeness (QED) is 0.846. The van der Waals surface area contributed by atoms with E-state index >= 15 is 0 Å². The standard InChI is InChI=1S/C12H17BrN2O4S2/c1-19-12(16)15-6-4-9(5-7-15)8-14-21(17,18)11-3-2-10(13)20-11/h2-3,9,14H,4-8H2,1H3. The summed E-state index contributed by atoms with van der Waals surface area (Å²) in [6.45, 7) is 1.60. The van der Waals surface area contributed by atoms with Gasteiger partial charge in [0.05, 0.1) is 10.9 Å². The van der Waals surface area contributed by atoms with Crippen molar-refractivity contribution >= 4 is 43.4 Å². The minimum absolute atomic E-state index is 0.240. The molecular formula is C12H17BrN2O4S2. The van der Waals surface area contributed by atoms with Gasteiger partial charge in [-0.3, -0.25) is 0 Å². The lowest BCUT2D eigenvalue weighted by Gasteiger charge is -2.30. The molecule has 6 nitrogen and oxygen atoms in total. The van der Waals surface area contributed by atoms with E-state index in [0.717, 1.165) is 16.6 Å². The third-order valence-electron chi connectivity index (χ3n) is 3.42. The van der Waals surface area contributed by atoms with Gasteiger partial charge >= 0.3 is 6.09 Å². The summed E-state index contributed by atoms with van der Waals surface area (Å²) >= 11 is 4.44. The molecule has 0 radical (unpaired) electrons. The van der Waals surface area contributed by atoms with E-state index < -0.39 is 10.0 Å². The Hall–Kier alpha value is -0.640. The number of likely N-dealkylation sites (tertiary alicyclic amines) is 1. The van der Waals surface area contributed by atoms with Gasteiger partial charge in [0.1, 0.15) is 4.21 Å². The fraction of sp³-hybridized carbons (Fsp3) is 0.583. The Morgan fingerprint density at radius 3 is 2.67 bits per heavy atom. The smallest absolute Gasteiger partial charge is 0.409 e. The Morgan fingerprint density at radius 2 is 2.14 bits per heavy atom. The molecule has 0 spiro atoms. The fourth-order valence-electron chi connectivity index (χ4n) is 2.19. The van der Waals surface area contributed by atoms with Crippen LogP contribution in [0.1, 0.15) is 12.8 Å². The highest BCUT2D eigenvalue weighted by Crippen LogP contribution is 2.26. The van der Waals surface area contributed by atoms with Crippen molar-refractivity contribution < 1.29 is 17.9 Å². The molecule has 1 fully saturated rings. The molecule has 118 valence electrons. The molecule has 0 aliphatic carbocycles. The summed E-state index contributed by atoms with van der Waals surface area (Å²) in [5.74, 6) is 0.240. The maximum atomic E-state index is 12.1. The van der Waals surface area contributed by atoms with Crippen molar-refractivity contribution in [2.45, 2.75) is 17.1 Å². The highest BCUT2D eigenvalue weighted by Gasteiger charge is 2.25. The van der Waals surface area contributed by atoms with E-state index in [2.05, 4.69) is 25.4 Å². The average molecular weight is 397 g/mol. The molecule has 1 aromatic rings. The van der Waals surface area contributed by atoms with Crippen LogP contribution in [0.5, 0.6) is 0 Å². The number of carbonyl (C=O) groups is 1. The predicted molar refractivity (Wildman–Crippen MR) is 83.9 cm³/mol. The monoisotopic (exact) mass is 396 g/mol. The van der Waals surface area contributed by atoms with Gasteiger partial charge in [0, 0.05) is 19.6 Å². The predicted octanol–water partition coefficient (Wildman–Crippen LogP) is 2.27. The molecule has 0 aromatic carbocycles. The van der Waals surface area contributed by atoms with Gasteiger partial charge < -0.3 is 9.64 Å². The number of hydrogen-bond acceptors (Lipinski definition) is 5. The van der Waals surface area contributed by atoms with Crippen molar-refractivity contribution in [1.29, 1.82) is 0 Å². The number of thiophene rings is 1. The van der Waals surface area contributed by atoms with Gasteiger partial charge in [0.15, 0.2) is 0 Å². The highest BCUT2D eigenvalue weighted by atomic mass is 79.9. The summed E-state index contributed by atoms with van der Waals surface area (Å²) in [5, 5.41) is 0. The molecule has 21 heavy (non-hydrogen) atoms. The van der Waals surface area contributed by atoms with E-state index in [0.29, 0.717) is 23.8 Å². The lowest BCUT2D eigenvalue weighted by molar-refractivity contribution is 0.106. The summed E-state index contributed by atoms with van der Waals surface area (Å²) in [5.41, 5.74) is 0. The summed E-state index contributed by atoms with van der Waals surface area (Å²) in [6.07, 6.45) is 1.22. The molecule has 1 aromatic heterocycles. The van der Waals surface area contributed by atoms with Crippen LogP contribution in [-0.4, -0.2) is 46.2 Å². The number of nitrogens with one attached hydrogen (secondary N) is 1. The number of ether oxygens (including phenoxy) is 1. The van der Waals surface area contributed by atoms with E-state index in [9.17, 15) is 13.2 Å². The van der Waals surface area contributed by atoms with Crippen LogP contribution in [0.15, 0.2) is 20.1 Å². The number of amides is 1. The summed E-state index contributed by atoms with van der Waals surface area (Å²) in [6, 6.07) is 3.30. The maximum absolute atomic E-state index is 12.1. The van der Waals surface area contributed by atoms with E-state index in [-0.39, 0.29) is 12.0 Å². The molecule has 2 rings (SSSR count). The second-order valence-corrected chi connectivity index (χ2v) is 9.27. The first-order valence-electron chi connectivity index (χ1n) is 6.50. The summed E-state index contributed by atoms with van der Waals surface area (Å²) < 4.78 is 32.6. The molecule has 1 aliphatic rings. The van der Waals surface area contributed by atoms with E-state index in [1.54, 1.807) is 17.0 Å². The number of carbonyl (C=O) groups excluding carboxylic acids is 1. The Morgan fingerprint density at radius 1 is 1.48 bits per heavy atom. The van der Waals surface area contributed by atoms with Crippen LogP contribution in [0.4, 0.5) is 4.79 Å². The van der Waals surface area contributed by atoms with Crippen LogP contribution in [0, 0.1) is 5.92 Å². The molecule has 2 heterocycles. The summed E-state index contributed by atoms with van der Waals surface area (Å²) in [7, 11) is -2.08. The highest BCUT2D eigenvalue weighted by molar-refractivity contribution is 9.11. The van der Waals surface area contributed by atoms with Gasteiger partial charge in [0.2, 0.25) is 10.0 Å². The van der Waals surface area contributed by atoms with Gasteiger partial charge in [-0.2, -0.15) is 0 Å². The molecule has 0 saturated carbocycles. The zero-order chi connectivity index (χ0) is 15.5. The van der Waals surface area contributed by atoms with Crippen LogP contribution in [0.2, 0.25) is 0 Å². The average Bonchev–Trinajstić information content (AvgIpc) is 2.92. The van der Waals surface area contributed by atoms with E-state index in [1.165, 1.54) is 18.4 Å². The van der Waals surface area contributed by atoms with Crippen molar-refractivity contribution in [1.82, 2.24) is 9.62 Å². The second-order valence-electron chi connectivity index (χ2n) is 4.81. The molecule has 1 N–H and O–H groups in total. The third kappa shape index (κ3) is 4.41. The Labute approximate surface area is 136 Å². The maximum Gasteiger partial charge on any atom is 0.409 e. The fourth-order valence-corrected chi connectivity index (χ4v) is 5.36. The van der Waals surface area contributed by atoms with Crippen molar-refractivity contribution in [3.05, 3.63) is 15.9 Å².